The number of phenolic OH excluding ortho intramolecular Hbond substituents is 1. The summed E-state index contributed by atoms with van der Waals surface area (Å²) in [6, 6.07) is 2.98. The van der Waals surface area contributed by atoms with Gasteiger partial charge in [0.05, 0.1) is 0 Å². The zero-order valence-electron chi connectivity index (χ0n) is 22.3. The molecule has 1 rings (SSSR count). The lowest BCUT2D eigenvalue weighted by Gasteiger charge is -2.34. The van der Waals surface area contributed by atoms with Crippen molar-refractivity contribution in [3.05, 3.63) is 42.0 Å². The number of benzene rings is 1. The number of aryl methyl sites for hydroxylation is 1. The topological polar surface area (TPSA) is 108 Å². The highest BCUT2D eigenvalue weighted by atomic mass is 16.6. The Kier molecular flexibility index (Phi) is 11.8. The smallest absolute Gasteiger partial charge is 0.408 e. The number of phenols is 1. The molecule has 0 saturated heterocycles. The van der Waals surface area contributed by atoms with Gasteiger partial charge < -0.3 is 25.4 Å². The van der Waals surface area contributed by atoms with Crippen molar-refractivity contribution in [2.75, 3.05) is 13.1 Å². The van der Waals surface area contributed by atoms with Crippen LogP contribution in [-0.4, -0.2) is 52.6 Å². The number of nitrogens with one attached hydrogen (secondary N) is 2. The second kappa shape index (κ2) is 13.8. The average Bonchev–Trinajstić information content (AvgIpc) is 2.73. The molecule has 196 valence electrons. The Labute approximate surface area is 210 Å². The van der Waals surface area contributed by atoms with Crippen molar-refractivity contribution in [3.63, 3.8) is 0 Å². The van der Waals surface area contributed by atoms with Crippen LogP contribution in [0.5, 0.6) is 5.75 Å². The molecule has 0 saturated carbocycles. The predicted octanol–water partition coefficient (Wildman–Crippen LogP) is 4.61. The molecule has 3 N–H and O–H groups in total. The second-order valence-electron chi connectivity index (χ2n) is 10.2. The molecule has 1 aromatic rings. The number of nitrogens with zero attached hydrogens (tertiary/aromatic N) is 1. The SMILES string of the molecule is C=CCN(C(=O)C(CC(C)C)NC(=O)OC(C)(C)C)C(C(=O)NCCCC)c1ccc(O)c(C)c1. The lowest BCUT2D eigenvalue weighted by Crippen LogP contribution is -2.53. The zero-order chi connectivity index (χ0) is 26.8. The van der Waals surface area contributed by atoms with Crippen LogP contribution in [0.3, 0.4) is 0 Å². The summed E-state index contributed by atoms with van der Waals surface area (Å²) in [6.07, 6.45) is 2.94. The van der Waals surface area contributed by atoms with Crippen molar-refractivity contribution >= 4 is 17.9 Å². The molecule has 0 bridgehead atoms. The van der Waals surface area contributed by atoms with Gasteiger partial charge in [-0.2, -0.15) is 0 Å². The fourth-order valence-electron chi connectivity index (χ4n) is 3.61. The number of hydrogen-bond donors (Lipinski definition) is 3. The first-order valence-electron chi connectivity index (χ1n) is 12.3. The summed E-state index contributed by atoms with van der Waals surface area (Å²) in [5, 5.41) is 15.6. The molecule has 2 unspecified atom stereocenters. The molecule has 0 heterocycles. The van der Waals surface area contributed by atoms with Crippen LogP contribution in [0.15, 0.2) is 30.9 Å². The first-order valence-corrected chi connectivity index (χ1v) is 12.3. The van der Waals surface area contributed by atoms with Gasteiger partial charge in [0.1, 0.15) is 23.4 Å². The number of alkyl carbamates (subject to hydrolysis) is 1. The van der Waals surface area contributed by atoms with E-state index >= 15 is 0 Å². The van der Waals surface area contributed by atoms with Crippen molar-refractivity contribution in [1.29, 1.82) is 0 Å². The van der Waals surface area contributed by atoms with E-state index < -0.39 is 29.7 Å². The Balaban J connectivity index is 3.43. The summed E-state index contributed by atoms with van der Waals surface area (Å²) >= 11 is 0. The van der Waals surface area contributed by atoms with Gasteiger partial charge in [-0.1, -0.05) is 39.3 Å². The Morgan fingerprint density at radius 3 is 2.40 bits per heavy atom. The van der Waals surface area contributed by atoms with Gasteiger partial charge in [0.2, 0.25) is 11.8 Å². The van der Waals surface area contributed by atoms with E-state index in [0.29, 0.717) is 24.1 Å². The molecule has 3 amide bonds. The number of aromatic hydroxyl groups is 1. The molecule has 0 fully saturated rings. The molecule has 0 aromatic heterocycles. The van der Waals surface area contributed by atoms with Crippen LogP contribution in [0.4, 0.5) is 4.79 Å². The van der Waals surface area contributed by atoms with E-state index in [-0.39, 0.29) is 24.1 Å². The summed E-state index contributed by atoms with van der Waals surface area (Å²) in [6.45, 7) is 17.3. The number of ether oxygens (including phenoxy) is 1. The maximum absolute atomic E-state index is 13.8. The largest absolute Gasteiger partial charge is 0.508 e. The molecule has 0 aliphatic carbocycles. The Morgan fingerprint density at radius 1 is 1.23 bits per heavy atom. The third-order valence-electron chi connectivity index (χ3n) is 5.23. The van der Waals surface area contributed by atoms with Crippen LogP contribution >= 0.6 is 0 Å². The van der Waals surface area contributed by atoms with Crippen LogP contribution in [0.25, 0.3) is 0 Å². The standard InChI is InChI=1S/C27H43N3O5/c1-9-11-14-28-24(32)23(20-12-13-22(31)19(5)17-20)30(15-10-2)25(33)21(16-18(3)4)29-26(34)35-27(6,7)8/h10,12-13,17-18,21,23,31H,2,9,11,14-16H2,1,3-8H3,(H,28,32)(H,29,34). The number of carbonyl (C=O) groups is 3. The molecule has 35 heavy (non-hydrogen) atoms. The van der Waals surface area contributed by atoms with Crippen molar-refractivity contribution in [2.45, 2.75) is 85.4 Å². The first-order chi connectivity index (χ1) is 16.3. The summed E-state index contributed by atoms with van der Waals surface area (Å²) in [5.74, 6) is -0.549. The van der Waals surface area contributed by atoms with E-state index in [1.165, 1.54) is 11.0 Å². The molecular weight excluding hydrogens is 446 g/mol. The molecule has 0 aliphatic rings. The van der Waals surface area contributed by atoms with E-state index in [1.54, 1.807) is 45.9 Å². The van der Waals surface area contributed by atoms with Gasteiger partial charge in [0.25, 0.3) is 0 Å². The summed E-state index contributed by atoms with van der Waals surface area (Å²) in [4.78, 5) is 41.2. The van der Waals surface area contributed by atoms with Gasteiger partial charge in [-0.15, -0.1) is 6.58 Å². The van der Waals surface area contributed by atoms with Crippen LogP contribution in [-0.2, 0) is 14.3 Å². The monoisotopic (exact) mass is 489 g/mol. The molecule has 0 radical (unpaired) electrons. The van der Waals surface area contributed by atoms with Crippen molar-refractivity contribution in [3.8, 4) is 5.75 Å². The van der Waals surface area contributed by atoms with Gasteiger partial charge >= 0.3 is 6.09 Å². The van der Waals surface area contributed by atoms with Crippen molar-refractivity contribution < 1.29 is 24.2 Å². The van der Waals surface area contributed by atoms with Gasteiger partial charge in [0.15, 0.2) is 0 Å². The van der Waals surface area contributed by atoms with Crippen LogP contribution < -0.4 is 10.6 Å². The number of rotatable bonds is 12. The fraction of sp³-hybridized carbons (Fsp3) is 0.593. The molecule has 0 aliphatic heterocycles. The third kappa shape index (κ3) is 10.0. The number of hydrogen-bond acceptors (Lipinski definition) is 5. The minimum Gasteiger partial charge on any atom is -0.508 e. The third-order valence-corrected chi connectivity index (χ3v) is 5.23. The van der Waals surface area contributed by atoms with Gasteiger partial charge in [-0.3, -0.25) is 9.59 Å². The van der Waals surface area contributed by atoms with E-state index in [9.17, 15) is 19.5 Å². The molecule has 0 spiro atoms. The Bertz CT molecular complexity index is 876. The lowest BCUT2D eigenvalue weighted by molar-refractivity contribution is -0.142. The normalized spacial score (nSPS) is 13.0. The van der Waals surface area contributed by atoms with E-state index in [0.717, 1.165) is 12.8 Å². The predicted molar refractivity (Wildman–Crippen MR) is 138 cm³/mol. The average molecular weight is 490 g/mol. The van der Waals surface area contributed by atoms with Gasteiger partial charge in [0, 0.05) is 13.1 Å². The highest BCUT2D eigenvalue weighted by Gasteiger charge is 2.36. The second-order valence-corrected chi connectivity index (χ2v) is 10.2. The molecular formula is C27H43N3O5. The van der Waals surface area contributed by atoms with Crippen molar-refractivity contribution in [1.82, 2.24) is 15.5 Å². The van der Waals surface area contributed by atoms with Gasteiger partial charge in [-0.05, 0) is 69.7 Å². The first kappa shape index (κ1) is 30.0. The van der Waals surface area contributed by atoms with E-state index in [4.69, 9.17) is 4.74 Å². The number of amides is 3. The van der Waals surface area contributed by atoms with Crippen LogP contribution in [0.2, 0.25) is 0 Å². The minimum atomic E-state index is -0.966. The molecule has 1 aromatic carbocycles. The van der Waals surface area contributed by atoms with Crippen molar-refractivity contribution in [2.24, 2.45) is 5.92 Å². The molecule has 2 atom stereocenters. The number of unbranched alkanes of at least 4 members (excludes halogenated alkanes) is 1. The molecule has 8 heteroatoms. The summed E-state index contributed by atoms with van der Waals surface area (Å²) in [5.41, 5.74) is 0.428. The quantitative estimate of drug-likeness (QED) is 0.293. The highest BCUT2D eigenvalue weighted by molar-refractivity contribution is 5.92. The van der Waals surface area contributed by atoms with E-state index in [2.05, 4.69) is 17.2 Å². The summed E-state index contributed by atoms with van der Waals surface area (Å²) < 4.78 is 5.38. The number of carbonyl (C=O) groups excluding carboxylic acids is 3. The van der Waals surface area contributed by atoms with Crippen LogP contribution in [0.1, 0.15) is 78.0 Å². The maximum atomic E-state index is 13.8. The molecule has 8 nitrogen and oxygen atoms in total. The zero-order valence-corrected chi connectivity index (χ0v) is 22.3. The minimum absolute atomic E-state index is 0.0925. The van der Waals surface area contributed by atoms with Crippen LogP contribution in [0, 0.1) is 12.8 Å². The highest BCUT2D eigenvalue weighted by Crippen LogP contribution is 2.27. The maximum Gasteiger partial charge on any atom is 0.408 e. The van der Waals surface area contributed by atoms with E-state index in [1.807, 2.05) is 20.8 Å². The Morgan fingerprint density at radius 2 is 1.89 bits per heavy atom. The Hall–Kier alpha value is -3.03. The fourth-order valence-corrected chi connectivity index (χ4v) is 3.61. The lowest BCUT2D eigenvalue weighted by atomic mass is 9.98. The summed E-state index contributed by atoms with van der Waals surface area (Å²) in [7, 11) is 0. The van der Waals surface area contributed by atoms with Gasteiger partial charge in [-0.25, -0.2) is 4.79 Å².